The van der Waals surface area contributed by atoms with Crippen molar-refractivity contribution >= 4 is 22.6 Å². The van der Waals surface area contributed by atoms with E-state index < -0.39 is 0 Å². The van der Waals surface area contributed by atoms with E-state index in [1.807, 2.05) is 60.7 Å². The van der Waals surface area contributed by atoms with E-state index in [2.05, 4.69) is 45.6 Å². The smallest absolute Gasteiger partial charge is 0.228 e. The first-order valence-electron chi connectivity index (χ1n) is 12.6. The third-order valence-corrected chi connectivity index (χ3v) is 6.86. The molecule has 1 atom stereocenters. The Hall–Kier alpha value is -5.24. The van der Waals surface area contributed by atoms with Crippen LogP contribution in [0.5, 0.6) is 17.4 Å². The van der Waals surface area contributed by atoms with Crippen molar-refractivity contribution in [1.82, 2.24) is 19.6 Å². The van der Waals surface area contributed by atoms with Crippen molar-refractivity contribution < 1.29 is 14.3 Å². The van der Waals surface area contributed by atoms with Gasteiger partial charge < -0.3 is 14.3 Å². The number of fused-ring (bicyclic) bond motifs is 6. The highest BCUT2D eigenvalue weighted by atomic mass is 16.6. The molecule has 0 N–H and O–H groups in total. The van der Waals surface area contributed by atoms with Crippen LogP contribution in [0.25, 0.3) is 16.4 Å². The lowest BCUT2D eigenvalue weighted by Crippen LogP contribution is -2.15. The van der Waals surface area contributed by atoms with Gasteiger partial charge in [-0.2, -0.15) is 0 Å². The summed E-state index contributed by atoms with van der Waals surface area (Å²) >= 11 is 0. The van der Waals surface area contributed by atoms with Gasteiger partial charge in [-0.3, -0.25) is 0 Å². The zero-order valence-electron chi connectivity index (χ0n) is 21.1. The fraction of sp³-hybridized carbons (Fsp3) is 0.0968. The van der Waals surface area contributed by atoms with Crippen molar-refractivity contribution in [2.24, 2.45) is 5.16 Å². The van der Waals surface area contributed by atoms with Crippen LogP contribution in [0, 0.1) is 0 Å². The highest BCUT2D eigenvalue weighted by molar-refractivity contribution is 5.90. The Bertz CT molecular complexity index is 1830. The largest absolute Gasteiger partial charge is 0.497 e. The van der Waals surface area contributed by atoms with Gasteiger partial charge in [0.05, 0.1) is 18.9 Å². The van der Waals surface area contributed by atoms with Crippen molar-refractivity contribution in [1.29, 1.82) is 0 Å². The molecular formula is C31H23N5O3. The summed E-state index contributed by atoms with van der Waals surface area (Å²) in [5, 5.41) is 10.9. The van der Waals surface area contributed by atoms with Crippen LogP contribution in [0.3, 0.4) is 0 Å². The van der Waals surface area contributed by atoms with Gasteiger partial charge in [0.2, 0.25) is 5.88 Å². The van der Waals surface area contributed by atoms with Crippen molar-refractivity contribution in [2.75, 3.05) is 7.11 Å². The summed E-state index contributed by atoms with van der Waals surface area (Å²) in [6.45, 7) is 0.118. The number of nitrogens with zero attached hydrogens (tertiary/aromatic N) is 5. The molecule has 4 aromatic carbocycles. The highest BCUT2D eigenvalue weighted by Crippen LogP contribution is 2.50. The van der Waals surface area contributed by atoms with E-state index in [4.69, 9.17) is 19.3 Å². The molecule has 0 spiro atoms. The van der Waals surface area contributed by atoms with Crippen LogP contribution in [0.1, 0.15) is 34.0 Å². The van der Waals surface area contributed by atoms with Gasteiger partial charge >= 0.3 is 0 Å². The maximum Gasteiger partial charge on any atom is 0.228 e. The minimum atomic E-state index is -0.189. The molecule has 0 fully saturated rings. The summed E-state index contributed by atoms with van der Waals surface area (Å²) in [5.41, 5.74) is 4.59. The van der Waals surface area contributed by atoms with Crippen LogP contribution >= 0.6 is 0 Å². The molecule has 1 aliphatic rings. The summed E-state index contributed by atoms with van der Waals surface area (Å²) in [6.07, 6.45) is 3.28. The Morgan fingerprint density at radius 3 is 2.59 bits per heavy atom. The second-order valence-corrected chi connectivity index (χ2v) is 9.18. The standard InChI is InChI=1S/C31H23N5O3/c1-37-23-14-11-22(12-15-23)27-28-24-10-6-5-9-21(24)13-16-25(28)39-31-29(27)30-34-26(35-36(30)19-32-31)18-38-33-17-20-7-3-2-4-8-20/h2-17,19,27H,18H2,1H3/b33-17-/t27-/m0/s1. The lowest BCUT2D eigenvalue weighted by molar-refractivity contribution is 0.126. The van der Waals surface area contributed by atoms with E-state index in [0.717, 1.165) is 44.5 Å². The number of ether oxygens (including phenoxy) is 2. The van der Waals surface area contributed by atoms with Gasteiger partial charge in [0.1, 0.15) is 17.8 Å². The first kappa shape index (κ1) is 22.9. The summed E-state index contributed by atoms with van der Waals surface area (Å²) in [7, 11) is 1.67. The molecule has 0 radical (unpaired) electrons. The van der Waals surface area contributed by atoms with E-state index in [1.54, 1.807) is 24.2 Å². The third-order valence-electron chi connectivity index (χ3n) is 6.86. The van der Waals surface area contributed by atoms with Crippen molar-refractivity contribution in [2.45, 2.75) is 12.5 Å². The lowest BCUT2D eigenvalue weighted by atomic mass is 9.81. The molecule has 190 valence electrons. The number of benzene rings is 4. The van der Waals surface area contributed by atoms with E-state index in [1.165, 1.54) is 0 Å². The molecule has 8 nitrogen and oxygen atoms in total. The maximum atomic E-state index is 6.38. The van der Waals surface area contributed by atoms with Crippen molar-refractivity contribution in [3.8, 4) is 17.4 Å². The van der Waals surface area contributed by atoms with Crippen LogP contribution in [-0.2, 0) is 11.4 Å². The SMILES string of the molecule is COc1ccc([C@H]2c3c(ccc4ccccc34)Oc3ncn4nc(CO/N=C\c5ccccc5)nc4c32)cc1. The summed E-state index contributed by atoms with van der Waals surface area (Å²) in [6, 6.07) is 30.3. The molecule has 0 saturated heterocycles. The first-order chi connectivity index (χ1) is 19.3. The maximum absolute atomic E-state index is 6.38. The van der Waals surface area contributed by atoms with Gasteiger partial charge in [-0.1, -0.05) is 78.0 Å². The monoisotopic (exact) mass is 513 g/mol. The Labute approximate surface area is 224 Å². The molecule has 8 heteroatoms. The minimum absolute atomic E-state index is 0.118. The van der Waals surface area contributed by atoms with Crippen LogP contribution in [-0.4, -0.2) is 32.9 Å². The Balaban J connectivity index is 1.33. The van der Waals surface area contributed by atoms with E-state index in [-0.39, 0.29) is 12.5 Å². The number of oxime groups is 1. The topological polar surface area (TPSA) is 83.1 Å². The average Bonchev–Trinajstić information content (AvgIpc) is 3.42. The van der Waals surface area contributed by atoms with Gasteiger partial charge in [-0.15, -0.1) is 5.10 Å². The molecule has 39 heavy (non-hydrogen) atoms. The number of hydrogen-bond acceptors (Lipinski definition) is 7. The van der Waals surface area contributed by atoms with Crippen LogP contribution in [0.4, 0.5) is 0 Å². The van der Waals surface area contributed by atoms with Gasteiger partial charge in [0, 0.05) is 11.5 Å². The zero-order valence-corrected chi connectivity index (χ0v) is 21.1. The van der Waals surface area contributed by atoms with E-state index >= 15 is 0 Å². The normalized spacial score (nSPS) is 14.2. The molecule has 0 saturated carbocycles. The molecular weight excluding hydrogens is 490 g/mol. The molecule has 0 amide bonds. The summed E-state index contributed by atoms with van der Waals surface area (Å²) < 4.78 is 13.5. The van der Waals surface area contributed by atoms with Crippen molar-refractivity contribution in [3.63, 3.8) is 0 Å². The van der Waals surface area contributed by atoms with E-state index in [0.29, 0.717) is 17.4 Å². The number of hydrogen-bond donors (Lipinski definition) is 0. The zero-order chi connectivity index (χ0) is 26.2. The van der Waals surface area contributed by atoms with Crippen LogP contribution < -0.4 is 9.47 Å². The van der Waals surface area contributed by atoms with Crippen molar-refractivity contribution in [3.05, 3.63) is 125 Å². The number of methoxy groups -OCH3 is 1. The Morgan fingerprint density at radius 1 is 0.923 bits per heavy atom. The molecule has 0 bridgehead atoms. The lowest BCUT2D eigenvalue weighted by Gasteiger charge is -2.29. The third kappa shape index (κ3) is 4.12. The molecule has 7 rings (SSSR count). The molecule has 1 aliphatic heterocycles. The number of aromatic nitrogens is 4. The fourth-order valence-corrected chi connectivity index (χ4v) is 5.07. The Morgan fingerprint density at radius 2 is 1.74 bits per heavy atom. The second-order valence-electron chi connectivity index (χ2n) is 9.18. The van der Waals surface area contributed by atoms with E-state index in [9.17, 15) is 0 Å². The molecule has 0 unspecified atom stereocenters. The quantitative estimate of drug-likeness (QED) is 0.197. The predicted molar refractivity (Wildman–Crippen MR) is 148 cm³/mol. The predicted octanol–water partition coefficient (Wildman–Crippen LogP) is 6.12. The first-order valence-corrected chi connectivity index (χ1v) is 12.6. The second kappa shape index (κ2) is 9.57. The minimum Gasteiger partial charge on any atom is -0.497 e. The van der Waals surface area contributed by atoms with Gasteiger partial charge in [-0.25, -0.2) is 14.5 Å². The average molecular weight is 514 g/mol. The Kier molecular flexibility index (Phi) is 5.62. The summed E-state index contributed by atoms with van der Waals surface area (Å²) in [5.74, 6) is 2.38. The summed E-state index contributed by atoms with van der Waals surface area (Å²) in [4.78, 5) is 15.0. The van der Waals surface area contributed by atoms with Gasteiger partial charge in [0.25, 0.3) is 0 Å². The molecule has 3 heterocycles. The van der Waals surface area contributed by atoms with Gasteiger partial charge in [0.15, 0.2) is 18.1 Å². The molecule has 2 aromatic heterocycles. The van der Waals surface area contributed by atoms with Gasteiger partial charge in [-0.05, 0) is 40.1 Å². The fourth-order valence-electron chi connectivity index (χ4n) is 5.07. The van der Waals surface area contributed by atoms with Crippen LogP contribution in [0.15, 0.2) is 102 Å². The number of rotatable bonds is 6. The van der Waals surface area contributed by atoms with Crippen LogP contribution in [0.2, 0.25) is 0 Å². The highest BCUT2D eigenvalue weighted by Gasteiger charge is 2.34. The molecule has 0 aliphatic carbocycles. The molecule has 6 aromatic rings.